The molecule has 1 aliphatic rings. The smallest absolute Gasteiger partial charge is 0.284 e. The van der Waals surface area contributed by atoms with Gasteiger partial charge in [-0.05, 0) is 37.5 Å². The molecule has 1 aliphatic carbocycles. The van der Waals surface area contributed by atoms with Gasteiger partial charge in [0, 0.05) is 18.6 Å². The van der Waals surface area contributed by atoms with Crippen LogP contribution in [0.3, 0.4) is 0 Å². The normalized spacial score (nSPS) is 19.1. The van der Waals surface area contributed by atoms with Crippen LogP contribution in [0.1, 0.15) is 78.4 Å². The van der Waals surface area contributed by atoms with Crippen LogP contribution in [0, 0.1) is 11.8 Å². The Kier molecular flexibility index (Phi) is 5.90. The van der Waals surface area contributed by atoms with Gasteiger partial charge in [0.05, 0.1) is 23.5 Å². The van der Waals surface area contributed by atoms with Gasteiger partial charge in [0.2, 0.25) is 0 Å². The van der Waals surface area contributed by atoms with E-state index in [0.717, 1.165) is 25.7 Å². The summed E-state index contributed by atoms with van der Waals surface area (Å²) in [5.41, 5.74) is 5.09. The number of halogens is 2. The van der Waals surface area contributed by atoms with Gasteiger partial charge in [-0.3, -0.25) is 14.3 Å². The van der Waals surface area contributed by atoms with Gasteiger partial charge in [-0.25, -0.2) is 18.3 Å². The fraction of sp³-hybridized carbons (Fsp3) is 0.476. The van der Waals surface area contributed by atoms with Crippen molar-refractivity contribution in [1.82, 2.24) is 24.4 Å². The fourth-order valence-electron chi connectivity index (χ4n) is 4.23. The Hall–Kier alpha value is -3.37. The highest BCUT2D eigenvalue weighted by Gasteiger charge is 2.28. The van der Waals surface area contributed by atoms with Gasteiger partial charge in [0.25, 0.3) is 18.2 Å². The first kappa shape index (κ1) is 21.8. The van der Waals surface area contributed by atoms with Crippen LogP contribution in [0.5, 0.6) is 0 Å². The van der Waals surface area contributed by atoms with Crippen LogP contribution >= 0.6 is 0 Å². The molecule has 3 N–H and O–H groups in total. The molecule has 0 unspecified atom stereocenters. The monoisotopic (exact) mass is 445 g/mol. The van der Waals surface area contributed by atoms with Gasteiger partial charge in [-0.2, -0.15) is 10.2 Å². The molecule has 2 amide bonds. The SMILES string of the molecule is CC(C)C1CCC(n2cc(NC(=O)c3cnn4cc(C(N)=O)cnc34)c(C(F)F)n2)CC1. The number of primary amides is 1. The van der Waals surface area contributed by atoms with Gasteiger partial charge >= 0.3 is 0 Å². The van der Waals surface area contributed by atoms with E-state index < -0.39 is 23.9 Å². The molecule has 32 heavy (non-hydrogen) atoms. The summed E-state index contributed by atoms with van der Waals surface area (Å²) >= 11 is 0. The highest BCUT2D eigenvalue weighted by molar-refractivity contribution is 6.08. The number of nitrogens with two attached hydrogens (primary N) is 1. The van der Waals surface area contributed by atoms with Crippen LogP contribution in [-0.2, 0) is 0 Å². The van der Waals surface area contributed by atoms with E-state index in [9.17, 15) is 18.4 Å². The summed E-state index contributed by atoms with van der Waals surface area (Å²) in [6, 6.07) is 0.0269. The number of hydrogen-bond donors (Lipinski definition) is 2. The summed E-state index contributed by atoms with van der Waals surface area (Å²) in [4.78, 5) is 28.2. The number of alkyl halides is 2. The van der Waals surface area contributed by atoms with E-state index in [1.54, 1.807) is 4.68 Å². The highest BCUT2D eigenvalue weighted by Crippen LogP contribution is 2.37. The number of fused-ring (bicyclic) bond motifs is 1. The van der Waals surface area contributed by atoms with Crippen LogP contribution in [0.25, 0.3) is 5.65 Å². The minimum absolute atomic E-state index is 0.0269. The first-order chi connectivity index (χ1) is 15.2. The Morgan fingerprint density at radius 2 is 1.88 bits per heavy atom. The number of anilines is 1. The largest absolute Gasteiger partial charge is 0.366 e. The highest BCUT2D eigenvalue weighted by atomic mass is 19.3. The van der Waals surface area contributed by atoms with Crippen molar-refractivity contribution in [3.63, 3.8) is 0 Å². The van der Waals surface area contributed by atoms with E-state index in [1.807, 2.05) is 0 Å². The van der Waals surface area contributed by atoms with Crippen molar-refractivity contribution in [3.05, 3.63) is 41.6 Å². The lowest BCUT2D eigenvalue weighted by molar-refractivity contribution is 0.0997. The lowest BCUT2D eigenvalue weighted by atomic mass is 9.80. The summed E-state index contributed by atoms with van der Waals surface area (Å²) in [6.45, 7) is 4.40. The van der Waals surface area contributed by atoms with Gasteiger partial charge in [-0.15, -0.1) is 0 Å². The quantitative estimate of drug-likeness (QED) is 0.601. The van der Waals surface area contributed by atoms with E-state index in [2.05, 4.69) is 34.3 Å². The van der Waals surface area contributed by atoms with Crippen LogP contribution in [0.2, 0.25) is 0 Å². The molecule has 0 atom stereocenters. The zero-order valence-electron chi connectivity index (χ0n) is 17.8. The van der Waals surface area contributed by atoms with Gasteiger partial charge in [0.1, 0.15) is 5.56 Å². The predicted molar refractivity (Wildman–Crippen MR) is 112 cm³/mol. The van der Waals surface area contributed by atoms with E-state index in [0.29, 0.717) is 11.8 Å². The van der Waals surface area contributed by atoms with Gasteiger partial charge in [-0.1, -0.05) is 13.8 Å². The summed E-state index contributed by atoms with van der Waals surface area (Å²) < 4.78 is 30.1. The molecule has 4 rings (SSSR count). The predicted octanol–water partition coefficient (Wildman–Crippen LogP) is 3.60. The first-order valence-corrected chi connectivity index (χ1v) is 10.6. The maximum Gasteiger partial charge on any atom is 0.284 e. The lowest BCUT2D eigenvalue weighted by Crippen LogP contribution is -2.21. The third-order valence-electron chi connectivity index (χ3n) is 6.16. The van der Waals surface area contributed by atoms with Crippen molar-refractivity contribution in [2.45, 2.75) is 52.0 Å². The van der Waals surface area contributed by atoms with Crippen LogP contribution in [0.4, 0.5) is 14.5 Å². The molecular weight excluding hydrogens is 420 g/mol. The van der Waals surface area contributed by atoms with Crippen molar-refractivity contribution in [2.75, 3.05) is 5.32 Å². The molecule has 0 saturated heterocycles. The van der Waals surface area contributed by atoms with Gasteiger partial charge in [0.15, 0.2) is 11.3 Å². The lowest BCUT2D eigenvalue weighted by Gasteiger charge is -2.30. The molecule has 1 fully saturated rings. The van der Waals surface area contributed by atoms with Crippen molar-refractivity contribution in [3.8, 4) is 0 Å². The zero-order chi connectivity index (χ0) is 23.0. The second kappa shape index (κ2) is 8.64. The molecule has 9 nitrogen and oxygen atoms in total. The molecule has 1 saturated carbocycles. The summed E-state index contributed by atoms with van der Waals surface area (Å²) in [7, 11) is 0. The zero-order valence-corrected chi connectivity index (χ0v) is 17.8. The minimum Gasteiger partial charge on any atom is -0.366 e. The molecule has 0 aliphatic heterocycles. The Balaban J connectivity index is 1.55. The van der Waals surface area contributed by atoms with E-state index in [-0.39, 0.29) is 28.5 Å². The molecule has 3 aromatic heterocycles. The molecular formula is C21H25F2N7O2. The number of nitrogens with one attached hydrogen (secondary N) is 1. The summed E-state index contributed by atoms with van der Waals surface area (Å²) in [6.07, 6.45) is 6.24. The Morgan fingerprint density at radius 3 is 2.50 bits per heavy atom. The minimum atomic E-state index is -2.83. The van der Waals surface area contributed by atoms with Crippen molar-refractivity contribution < 1.29 is 18.4 Å². The van der Waals surface area contributed by atoms with Crippen molar-refractivity contribution in [1.29, 1.82) is 0 Å². The fourth-order valence-corrected chi connectivity index (χ4v) is 4.23. The number of nitrogens with zero attached hydrogens (tertiary/aromatic N) is 5. The third kappa shape index (κ3) is 4.19. The molecule has 3 aromatic rings. The maximum absolute atomic E-state index is 13.6. The summed E-state index contributed by atoms with van der Waals surface area (Å²) in [5.74, 6) is -0.103. The van der Waals surface area contributed by atoms with Crippen molar-refractivity contribution in [2.24, 2.45) is 17.6 Å². The number of aromatic nitrogens is 5. The number of hydrogen-bond acceptors (Lipinski definition) is 5. The Bertz CT molecular complexity index is 1150. The summed E-state index contributed by atoms with van der Waals surface area (Å²) in [5, 5.41) is 10.6. The number of amides is 2. The molecule has 11 heteroatoms. The Morgan fingerprint density at radius 1 is 1.16 bits per heavy atom. The third-order valence-corrected chi connectivity index (χ3v) is 6.16. The number of carbonyl (C=O) groups excluding carboxylic acids is 2. The first-order valence-electron chi connectivity index (χ1n) is 10.6. The van der Waals surface area contributed by atoms with Gasteiger partial charge < -0.3 is 11.1 Å². The molecule has 0 bridgehead atoms. The molecule has 3 heterocycles. The average molecular weight is 445 g/mol. The van der Waals surface area contributed by atoms with E-state index >= 15 is 0 Å². The van der Waals surface area contributed by atoms with Crippen molar-refractivity contribution >= 4 is 23.1 Å². The van der Waals surface area contributed by atoms with E-state index in [1.165, 1.54) is 29.3 Å². The van der Waals surface area contributed by atoms with Crippen LogP contribution in [0.15, 0.2) is 24.8 Å². The molecule has 0 radical (unpaired) electrons. The van der Waals surface area contributed by atoms with Crippen LogP contribution < -0.4 is 11.1 Å². The maximum atomic E-state index is 13.6. The van der Waals surface area contributed by atoms with E-state index in [4.69, 9.17) is 5.73 Å². The molecule has 0 spiro atoms. The second-order valence-electron chi connectivity index (χ2n) is 8.51. The Labute approximate surface area is 183 Å². The average Bonchev–Trinajstić information content (AvgIpc) is 3.37. The topological polar surface area (TPSA) is 120 Å². The molecule has 0 aromatic carbocycles. The second-order valence-corrected chi connectivity index (χ2v) is 8.51. The number of carbonyl (C=O) groups is 2. The van der Waals surface area contributed by atoms with Crippen LogP contribution in [-0.4, -0.2) is 36.2 Å². The molecule has 170 valence electrons. The number of rotatable bonds is 6. The standard InChI is InChI=1S/C21H25F2N7O2/c1-11(2)12-3-5-14(6-4-12)29-10-16(17(28-29)18(22)23)27-21(32)15-8-26-30-9-13(19(24)31)7-25-20(15)30/h7-12,14,18H,3-6H2,1-2H3,(H2,24,31)(H,27,32).